The molecule has 0 radical (unpaired) electrons. The molecular weight excluding hydrogens is 146 g/mol. The molecule has 2 rings (SSSR count). The van der Waals surface area contributed by atoms with Crippen LogP contribution in [0.5, 0.6) is 0 Å². The normalized spacial score (nSPS) is 31.5. The highest BCUT2D eigenvalue weighted by molar-refractivity contribution is 4.76. The van der Waals surface area contributed by atoms with Gasteiger partial charge in [-0.05, 0) is 38.1 Å². The average molecular weight is 167 g/mol. The Kier molecular flexibility index (Phi) is 3.04. The molecule has 2 aliphatic rings. The molecule has 0 amide bonds. The topological polar surface area (TPSA) is 12.0 Å². The van der Waals surface area contributed by atoms with Crippen molar-refractivity contribution in [2.24, 2.45) is 5.92 Å². The molecule has 2 fully saturated rings. The van der Waals surface area contributed by atoms with Crippen molar-refractivity contribution >= 4 is 0 Å². The fourth-order valence-electron chi connectivity index (χ4n) is 2.39. The molecule has 0 spiro atoms. The van der Waals surface area contributed by atoms with Crippen molar-refractivity contribution in [3.8, 4) is 0 Å². The first kappa shape index (κ1) is 8.55. The molecule has 70 valence electrons. The van der Waals surface area contributed by atoms with Crippen molar-refractivity contribution < 1.29 is 0 Å². The first-order valence-corrected chi connectivity index (χ1v) is 5.68. The second-order valence-electron chi connectivity index (χ2n) is 4.52. The van der Waals surface area contributed by atoms with Crippen LogP contribution in [0, 0.1) is 5.92 Å². The summed E-state index contributed by atoms with van der Waals surface area (Å²) in [5.74, 6) is 1.11. The predicted octanol–water partition coefficient (Wildman–Crippen LogP) is 2.71. The van der Waals surface area contributed by atoms with Crippen molar-refractivity contribution in [3.63, 3.8) is 0 Å². The van der Waals surface area contributed by atoms with Gasteiger partial charge in [0.15, 0.2) is 0 Å². The summed E-state index contributed by atoms with van der Waals surface area (Å²) in [6, 6.07) is 0.874. The van der Waals surface area contributed by atoms with E-state index in [1.165, 1.54) is 57.9 Å². The summed E-state index contributed by atoms with van der Waals surface area (Å²) in [6.45, 7) is 1.27. The highest BCUT2D eigenvalue weighted by Gasteiger charge is 2.19. The van der Waals surface area contributed by atoms with Crippen molar-refractivity contribution in [1.82, 2.24) is 5.32 Å². The van der Waals surface area contributed by atoms with Gasteiger partial charge < -0.3 is 5.32 Å². The standard InChI is InChI=1S/C11H21N/c1-2-9-12-11(6-1)8-7-10-4-3-5-10/h10-12H,1-9H2. The van der Waals surface area contributed by atoms with Gasteiger partial charge in [0, 0.05) is 6.04 Å². The molecule has 1 aliphatic heterocycles. The molecule has 1 heterocycles. The monoisotopic (exact) mass is 167 g/mol. The summed E-state index contributed by atoms with van der Waals surface area (Å²) in [5.41, 5.74) is 0. The summed E-state index contributed by atoms with van der Waals surface area (Å²) in [7, 11) is 0. The molecule has 0 bridgehead atoms. The molecule has 1 N–H and O–H groups in total. The van der Waals surface area contributed by atoms with Crippen LogP contribution >= 0.6 is 0 Å². The summed E-state index contributed by atoms with van der Waals surface area (Å²) in [4.78, 5) is 0. The van der Waals surface area contributed by atoms with Gasteiger partial charge in [0.05, 0.1) is 0 Å². The Morgan fingerprint density at radius 3 is 2.42 bits per heavy atom. The zero-order valence-corrected chi connectivity index (χ0v) is 8.02. The van der Waals surface area contributed by atoms with E-state index in [4.69, 9.17) is 0 Å². The van der Waals surface area contributed by atoms with E-state index in [-0.39, 0.29) is 0 Å². The van der Waals surface area contributed by atoms with Crippen molar-refractivity contribution in [2.75, 3.05) is 6.54 Å². The predicted molar refractivity (Wildman–Crippen MR) is 52.2 cm³/mol. The Labute approximate surface area is 75.9 Å². The molecule has 0 aromatic carbocycles. The average Bonchev–Trinajstić information content (AvgIpc) is 2.04. The lowest BCUT2D eigenvalue weighted by Gasteiger charge is -2.29. The lowest BCUT2D eigenvalue weighted by Crippen LogP contribution is -2.34. The Morgan fingerprint density at radius 1 is 0.917 bits per heavy atom. The molecule has 1 nitrogen and oxygen atoms in total. The first-order chi connectivity index (χ1) is 5.95. The third-order valence-corrected chi connectivity index (χ3v) is 3.56. The van der Waals surface area contributed by atoms with E-state index >= 15 is 0 Å². The van der Waals surface area contributed by atoms with Gasteiger partial charge in [-0.25, -0.2) is 0 Å². The van der Waals surface area contributed by atoms with E-state index in [0.29, 0.717) is 0 Å². The molecule has 0 aromatic heterocycles. The van der Waals surface area contributed by atoms with E-state index < -0.39 is 0 Å². The van der Waals surface area contributed by atoms with E-state index in [0.717, 1.165) is 12.0 Å². The molecule has 1 atom stereocenters. The molecule has 1 heteroatoms. The first-order valence-electron chi connectivity index (χ1n) is 5.68. The zero-order valence-electron chi connectivity index (χ0n) is 8.02. The van der Waals surface area contributed by atoms with Crippen LogP contribution in [0.1, 0.15) is 51.4 Å². The van der Waals surface area contributed by atoms with Gasteiger partial charge in [-0.3, -0.25) is 0 Å². The number of rotatable bonds is 3. The van der Waals surface area contributed by atoms with E-state index in [9.17, 15) is 0 Å². The minimum Gasteiger partial charge on any atom is -0.314 e. The van der Waals surface area contributed by atoms with E-state index in [2.05, 4.69) is 5.32 Å². The maximum Gasteiger partial charge on any atom is 0.00671 e. The highest BCUT2D eigenvalue weighted by atomic mass is 14.9. The minimum absolute atomic E-state index is 0.874. The van der Waals surface area contributed by atoms with Crippen LogP contribution in [0.15, 0.2) is 0 Å². The van der Waals surface area contributed by atoms with Crippen molar-refractivity contribution in [3.05, 3.63) is 0 Å². The van der Waals surface area contributed by atoms with Crippen LogP contribution in [-0.4, -0.2) is 12.6 Å². The second-order valence-corrected chi connectivity index (χ2v) is 4.52. The van der Waals surface area contributed by atoms with Crippen LogP contribution in [0.25, 0.3) is 0 Å². The van der Waals surface area contributed by atoms with Gasteiger partial charge >= 0.3 is 0 Å². The largest absolute Gasteiger partial charge is 0.314 e. The lowest BCUT2D eigenvalue weighted by atomic mass is 9.81. The smallest absolute Gasteiger partial charge is 0.00671 e. The zero-order chi connectivity index (χ0) is 8.23. The van der Waals surface area contributed by atoms with Crippen LogP contribution in [0.2, 0.25) is 0 Å². The number of nitrogens with one attached hydrogen (secondary N) is 1. The Balaban J connectivity index is 1.58. The van der Waals surface area contributed by atoms with Crippen molar-refractivity contribution in [1.29, 1.82) is 0 Å². The molecule has 0 aromatic rings. The number of piperidine rings is 1. The fourth-order valence-corrected chi connectivity index (χ4v) is 2.39. The number of hydrogen-bond donors (Lipinski definition) is 1. The highest BCUT2D eigenvalue weighted by Crippen LogP contribution is 2.31. The van der Waals surface area contributed by atoms with E-state index in [1.807, 2.05) is 0 Å². The Morgan fingerprint density at radius 2 is 1.83 bits per heavy atom. The molecule has 1 saturated heterocycles. The molecule has 1 aliphatic carbocycles. The quantitative estimate of drug-likeness (QED) is 0.681. The van der Waals surface area contributed by atoms with Gasteiger partial charge in [-0.1, -0.05) is 25.7 Å². The molecular formula is C11H21N. The van der Waals surface area contributed by atoms with Crippen LogP contribution in [0.3, 0.4) is 0 Å². The van der Waals surface area contributed by atoms with Crippen molar-refractivity contribution in [2.45, 2.75) is 57.4 Å². The minimum atomic E-state index is 0.874. The van der Waals surface area contributed by atoms with Gasteiger partial charge in [0.2, 0.25) is 0 Å². The van der Waals surface area contributed by atoms with Crippen LogP contribution in [-0.2, 0) is 0 Å². The fraction of sp³-hybridized carbons (Fsp3) is 1.00. The Hall–Kier alpha value is -0.0400. The third-order valence-electron chi connectivity index (χ3n) is 3.56. The van der Waals surface area contributed by atoms with Crippen LogP contribution < -0.4 is 5.32 Å². The summed E-state index contributed by atoms with van der Waals surface area (Å²) in [6.07, 6.45) is 11.8. The second kappa shape index (κ2) is 4.27. The van der Waals surface area contributed by atoms with Gasteiger partial charge in [0.1, 0.15) is 0 Å². The third kappa shape index (κ3) is 2.22. The summed E-state index contributed by atoms with van der Waals surface area (Å²) < 4.78 is 0. The summed E-state index contributed by atoms with van der Waals surface area (Å²) >= 11 is 0. The number of hydrogen-bond acceptors (Lipinski definition) is 1. The molecule has 12 heavy (non-hydrogen) atoms. The van der Waals surface area contributed by atoms with Gasteiger partial charge in [0.25, 0.3) is 0 Å². The maximum absolute atomic E-state index is 3.62. The lowest BCUT2D eigenvalue weighted by molar-refractivity contribution is 0.263. The SMILES string of the molecule is C1CCC(CCC2CCC2)NC1. The van der Waals surface area contributed by atoms with Gasteiger partial charge in [-0.2, -0.15) is 0 Å². The van der Waals surface area contributed by atoms with Crippen LogP contribution in [0.4, 0.5) is 0 Å². The summed E-state index contributed by atoms with van der Waals surface area (Å²) in [5, 5.41) is 3.62. The molecule has 1 unspecified atom stereocenters. The molecule has 1 saturated carbocycles. The van der Waals surface area contributed by atoms with Gasteiger partial charge in [-0.15, -0.1) is 0 Å². The van der Waals surface area contributed by atoms with E-state index in [1.54, 1.807) is 0 Å². The maximum atomic E-state index is 3.62. The Bertz CT molecular complexity index is 123.